The minimum absolute atomic E-state index is 0.165. The summed E-state index contributed by atoms with van der Waals surface area (Å²) in [6, 6.07) is 5.81. The lowest BCUT2D eigenvalue weighted by Gasteiger charge is -2.07. The monoisotopic (exact) mass is 297 g/mol. The average Bonchev–Trinajstić information content (AvgIpc) is 2.82. The third kappa shape index (κ3) is 3.72. The third-order valence-electron chi connectivity index (χ3n) is 3.07. The van der Waals surface area contributed by atoms with Crippen molar-refractivity contribution in [1.82, 2.24) is 9.55 Å². The van der Waals surface area contributed by atoms with E-state index >= 15 is 0 Å². The molecule has 1 unspecified atom stereocenters. The zero-order chi connectivity index (χ0) is 13.8. The molecule has 2 rings (SSSR count). The SMILES string of the molecule is CCC(N)Cc1cn(Cc2cccc(Cl)c2Cl)cn1. The van der Waals surface area contributed by atoms with E-state index in [1.807, 2.05) is 22.9 Å². The topological polar surface area (TPSA) is 43.8 Å². The molecule has 0 saturated heterocycles. The van der Waals surface area contributed by atoms with Gasteiger partial charge in [-0.2, -0.15) is 0 Å². The fourth-order valence-corrected chi connectivity index (χ4v) is 2.26. The number of halogens is 2. The van der Waals surface area contributed by atoms with Gasteiger partial charge in [-0.25, -0.2) is 4.98 Å². The summed E-state index contributed by atoms with van der Waals surface area (Å²) in [5.41, 5.74) is 7.91. The predicted octanol–water partition coefficient (Wildman–Crippen LogP) is 3.52. The Kier molecular flexibility index (Phi) is 4.86. The first kappa shape index (κ1) is 14.4. The summed E-state index contributed by atoms with van der Waals surface area (Å²) in [6.45, 7) is 2.74. The van der Waals surface area contributed by atoms with Gasteiger partial charge in [0.05, 0.1) is 28.6 Å². The molecule has 0 aliphatic heterocycles. The molecule has 2 aromatic rings. The lowest BCUT2D eigenvalue weighted by molar-refractivity contribution is 0.638. The van der Waals surface area contributed by atoms with Gasteiger partial charge in [0.2, 0.25) is 0 Å². The second-order valence-electron chi connectivity index (χ2n) is 4.62. The quantitative estimate of drug-likeness (QED) is 0.918. The van der Waals surface area contributed by atoms with Crippen molar-refractivity contribution >= 4 is 23.2 Å². The van der Waals surface area contributed by atoms with Crippen molar-refractivity contribution in [2.75, 3.05) is 0 Å². The van der Waals surface area contributed by atoms with Crippen LogP contribution in [0.15, 0.2) is 30.7 Å². The van der Waals surface area contributed by atoms with E-state index in [4.69, 9.17) is 28.9 Å². The number of rotatable bonds is 5. The molecule has 0 spiro atoms. The van der Waals surface area contributed by atoms with Crippen LogP contribution < -0.4 is 5.73 Å². The minimum atomic E-state index is 0.165. The Morgan fingerprint density at radius 1 is 1.37 bits per heavy atom. The van der Waals surface area contributed by atoms with E-state index in [9.17, 15) is 0 Å². The maximum atomic E-state index is 6.17. The van der Waals surface area contributed by atoms with Crippen LogP contribution in [0.4, 0.5) is 0 Å². The number of nitrogens with zero attached hydrogens (tertiary/aromatic N) is 2. The summed E-state index contributed by atoms with van der Waals surface area (Å²) < 4.78 is 2.00. The maximum Gasteiger partial charge on any atom is 0.0952 e. The number of imidazole rings is 1. The van der Waals surface area contributed by atoms with Gasteiger partial charge in [0, 0.05) is 18.7 Å². The molecule has 0 bridgehead atoms. The molecule has 1 atom stereocenters. The largest absolute Gasteiger partial charge is 0.333 e. The van der Waals surface area contributed by atoms with Crippen LogP contribution in [0.2, 0.25) is 10.0 Å². The number of hydrogen-bond donors (Lipinski definition) is 1. The first-order valence-electron chi connectivity index (χ1n) is 6.29. The second-order valence-corrected chi connectivity index (χ2v) is 5.41. The van der Waals surface area contributed by atoms with E-state index in [0.29, 0.717) is 16.6 Å². The Morgan fingerprint density at radius 3 is 2.89 bits per heavy atom. The van der Waals surface area contributed by atoms with Crippen molar-refractivity contribution in [2.24, 2.45) is 5.73 Å². The fourth-order valence-electron chi connectivity index (χ4n) is 1.88. The minimum Gasteiger partial charge on any atom is -0.333 e. The highest BCUT2D eigenvalue weighted by Crippen LogP contribution is 2.26. The van der Waals surface area contributed by atoms with Crippen LogP contribution >= 0.6 is 23.2 Å². The van der Waals surface area contributed by atoms with Crippen molar-refractivity contribution in [2.45, 2.75) is 32.4 Å². The van der Waals surface area contributed by atoms with E-state index in [0.717, 1.165) is 24.1 Å². The molecule has 1 aromatic carbocycles. The van der Waals surface area contributed by atoms with Crippen LogP contribution in [0, 0.1) is 0 Å². The van der Waals surface area contributed by atoms with Crippen molar-refractivity contribution in [1.29, 1.82) is 0 Å². The van der Waals surface area contributed by atoms with Gasteiger partial charge in [-0.3, -0.25) is 0 Å². The van der Waals surface area contributed by atoms with E-state index in [1.165, 1.54) is 0 Å². The number of nitrogens with two attached hydrogens (primary N) is 1. The molecule has 1 heterocycles. The van der Waals surface area contributed by atoms with Gasteiger partial charge in [-0.1, -0.05) is 42.3 Å². The molecule has 0 saturated carbocycles. The third-order valence-corrected chi connectivity index (χ3v) is 3.92. The van der Waals surface area contributed by atoms with Crippen LogP contribution in [0.5, 0.6) is 0 Å². The van der Waals surface area contributed by atoms with E-state index in [1.54, 1.807) is 12.4 Å². The van der Waals surface area contributed by atoms with Gasteiger partial charge < -0.3 is 10.3 Å². The Balaban J connectivity index is 2.09. The summed E-state index contributed by atoms with van der Waals surface area (Å²) in [6.07, 6.45) is 5.56. The van der Waals surface area contributed by atoms with Crippen LogP contribution in [0.25, 0.3) is 0 Å². The molecule has 0 fully saturated rings. The summed E-state index contributed by atoms with van der Waals surface area (Å²) in [5.74, 6) is 0. The average molecular weight is 298 g/mol. The summed E-state index contributed by atoms with van der Waals surface area (Å²) in [5, 5.41) is 1.18. The zero-order valence-corrected chi connectivity index (χ0v) is 12.3. The molecule has 0 radical (unpaired) electrons. The highest BCUT2D eigenvalue weighted by Gasteiger charge is 2.07. The van der Waals surface area contributed by atoms with Gasteiger partial charge in [-0.05, 0) is 18.1 Å². The van der Waals surface area contributed by atoms with Crippen LogP contribution in [0.3, 0.4) is 0 Å². The van der Waals surface area contributed by atoms with Crippen LogP contribution in [0.1, 0.15) is 24.6 Å². The summed E-state index contributed by atoms with van der Waals surface area (Å²) >= 11 is 12.2. The van der Waals surface area contributed by atoms with Crippen molar-refractivity contribution in [3.63, 3.8) is 0 Å². The van der Waals surface area contributed by atoms with Crippen molar-refractivity contribution < 1.29 is 0 Å². The molecular formula is C14H17Cl2N3. The molecule has 19 heavy (non-hydrogen) atoms. The number of aromatic nitrogens is 2. The first-order chi connectivity index (χ1) is 9.10. The van der Waals surface area contributed by atoms with E-state index in [-0.39, 0.29) is 6.04 Å². The standard InChI is InChI=1S/C14H17Cl2N3/c1-2-11(17)6-12-8-19(9-18-12)7-10-4-3-5-13(15)14(10)16/h3-5,8-9,11H,2,6-7,17H2,1H3. The maximum absolute atomic E-state index is 6.17. The van der Waals surface area contributed by atoms with Gasteiger partial charge in [0.25, 0.3) is 0 Å². The lowest BCUT2D eigenvalue weighted by Crippen LogP contribution is -2.21. The summed E-state index contributed by atoms with van der Waals surface area (Å²) in [7, 11) is 0. The van der Waals surface area contributed by atoms with Gasteiger partial charge in [-0.15, -0.1) is 0 Å². The van der Waals surface area contributed by atoms with Crippen molar-refractivity contribution in [3.05, 3.63) is 52.0 Å². The Hall–Kier alpha value is -1.03. The van der Waals surface area contributed by atoms with Gasteiger partial charge >= 0.3 is 0 Å². The highest BCUT2D eigenvalue weighted by molar-refractivity contribution is 6.42. The highest BCUT2D eigenvalue weighted by atomic mass is 35.5. The molecule has 0 amide bonds. The van der Waals surface area contributed by atoms with E-state index in [2.05, 4.69) is 11.9 Å². The van der Waals surface area contributed by atoms with Gasteiger partial charge in [0.15, 0.2) is 0 Å². The van der Waals surface area contributed by atoms with Crippen LogP contribution in [-0.4, -0.2) is 15.6 Å². The zero-order valence-electron chi connectivity index (χ0n) is 10.8. The van der Waals surface area contributed by atoms with Crippen molar-refractivity contribution in [3.8, 4) is 0 Å². The molecule has 5 heteroatoms. The smallest absolute Gasteiger partial charge is 0.0952 e. The lowest BCUT2D eigenvalue weighted by atomic mass is 10.1. The molecular weight excluding hydrogens is 281 g/mol. The molecule has 102 valence electrons. The Bertz CT molecular complexity index is 551. The number of benzene rings is 1. The fraction of sp³-hybridized carbons (Fsp3) is 0.357. The second kappa shape index (κ2) is 6.42. The molecule has 0 aliphatic rings. The van der Waals surface area contributed by atoms with E-state index < -0.39 is 0 Å². The molecule has 3 nitrogen and oxygen atoms in total. The predicted molar refractivity (Wildman–Crippen MR) is 79.8 cm³/mol. The normalized spacial score (nSPS) is 12.6. The summed E-state index contributed by atoms with van der Waals surface area (Å²) in [4.78, 5) is 4.36. The Labute approximate surface area is 123 Å². The Morgan fingerprint density at radius 2 is 2.16 bits per heavy atom. The molecule has 1 aromatic heterocycles. The first-order valence-corrected chi connectivity index (χ1v) is 7.05. The van der Waals surface area contributed by atoms with Crippen LogP contribution in [-0.2, 0) is 13.0 Å². The van der Waals surface area contributed by atoms with Gasteiger partial charge in [0.1, 0.15) is 0 Å². The molecule has 0 aliphatic carbocycles. The molecule has 2 N–H and O–H groups in total. The number of hydrogen-bond acceptors (Lipinski definition) is 2.